The molecule has 1 heterocycles. The Balaban J connectivity index is 2.60. The number of anilines is 2. The van der Waals surface area contributed by atoms with Gasteiger partial charge in [-0.2, -0.15) is 5.48 Å². The van der Waals surface area contributed by atoms with E-state index in [9.17, 15) is 18.8 Å². The Morgan fingerprint density at radius 2 is 1.92 bits per heavy atom. The van der Waals surface area contributed by atoms with Crippen molar-refractivity contribution in [1.29, 1.82) is 0 Å². The summed E-state index contributed by atoms with van der Waals surface area (Å²) in [6.45, 7) is 0. The standard InChI is InChI=1S/C14H14FIN4O5/c1-19-11(17-9-5-4-7(16)6-8(9)15)10(25-13(22)18-24-3)12(21)20(2)14(19)23/h4-6,17H,1-3H3,(H,18,22). The van der Waals surface area contributed by atoms with E-state index in [2.05, 4.69) is 10.2 Å². The molecule has 11 heteroatoms. The average Bonchev–Trinajstić information content (AvgIpc) is 2.56. The Morgan fingerprint density at radius 1 is 1.24 bits per heavy atom. The third-order valence-corrected chi connectivity index (χ3v) is 3.86. The number of hydrogen-bond acceptors (Lipinski definition) is 6. The Bertz CT molecular complexity index is 940. The largest absolute Gasteiger partial charge is 0.437 e. The van der Waals surface area contributed by atoms with Crippen LogP contribution in [0.25, 0.3) is 0 Å². The van der Waals surface area contributed by atoms with Gasteiger partial charge in [0.15, 0.2) is 5.82 Å². The van der Waals surface area contributed by atoms with Crippen molar-refractivity contribution in [3.63, 3.8) is 0 Å². The summed E-state index contributed by atoms with van der Waals surface area (Å²) in [4.78, 5) is 40.4. The molecular formula is C14H14FIN4O5. The van der Waals surface area contributed by atoms with Crippen molar-refractivity contribution in [3.8, 4) is 5.75 Å². The van der Waals surface area contributed by atoms with Gasteiger partial charge < -0.3 is 10.1 Å². The van der Waals surface area contributed by atoms with Crippen molar-refractivity contribution in [2.24, 2.45) is 14.1 Å². The fourth-order valence-corrected chi connectivity index (χ4v) is 2.41. The molecular weight excluding hydrogens is 450 g/mol. The molecule has 2 rings (SSSR count). The van der Waals surface area contributed by atoms with Gasteiger partial charge in [0, 0.05) is 17.7 Å². The van der Waals surface area contributed by atoms with E-state index >= 15 is 0 Å². The second-order valence-electron chi connectivity index (χ2n) is 4.83. The van der Waals surface area contributed by atoms with Gasteiger partial charge in [-0.15, -0.1) is 0 Å². The smallest absolute Gasteiger partial charge is 0.399 e. The fourth-order valence-electron chi connectivity index (χ4n) is 1.96. The lowest BCUT2D eigenvalue weighted by Crippen LogP contribution is -2.40. The predicted octanol–water partition coefficient (Wildman–Crippen LogP) is 1.22. The topological polar surface area (TPSA) is 104 Å². The molecule has 134 valence electrons. The number of halogens is 2. The van der Waals surface area contributed by atoms with Gasteiger partial charge in [0.05, 0.1) is 12.8 Å². The molecule has 25 heavy (non-hydrogen) atoms. The molecule has 0 aliphatic heterocycles. The second kappa shape index (κ2) is 7.65. The van der Waals surface area contributed by atoms with Gasteiger partial charge in [-0.3, -0.25) is 18.8 Å². The van der Waals surface area contributed by atoms with Gasteiger partial charge in [0.25, 0.3) is 0 Å². The van der Waals surface area contributed by atoms with E-state index in [-0.39, 0.29) is 11.5 Å². The molecule has 0 radical (unpaired) electrons. The van der Waals surface area contributed by atoms with Gasteiger partial charge >= 0.3 is 17.3 Å². The SMILES string of the molecule is CONC(=O)Oc1c(Nc2ccc(I)cc2F)n(C)c(=O)n(C)c1=O. The highest BCUT2D eigenvalue weighted by Crippen LogP contribution is 2.25. The maximum atomic E-state index is 14.1. The normalized spacial score (nSPS) is 10.4. The van der Waals surface area contributed by atoms with E-state index in [0.29, 0.717) is 3.57 Å². The Morgan fingerprint density at radius 3 is 2.52 bits per heavy atom. The van der Waals surface area contributed by atoms with Crippen molar-refractivity contribution in [2.45, 2.75) is 0 Å². The number of carbonyl (C=O) groups is 1. The highest BCUT2D eigenvalue weighted by Gasteiger charge is 2.21. The minimum atomic E-state index is -1.08. The Labute approximate surface area is 154 Å². The molecule has 2 N–H and O–H groups in total. The number of benzene rings is 1. The monoisotopic (exact) mass is 464 g/mol. The van der Waals surface area contributed by atoms with Crippen molar-refractivity contribution in [3.05, 3.63) is 48.4 Å². The number of amides is 1. The number of nitrogens with one attached hydrogen (secondary N) is 2. The zero-order valence-electron chi connectivity index (χ0n) is 13.4. The number of hydroxylamine groups is 1. The molecule has 0 aliphatic carbocycles. The van der Waals surface area contributed by atoms with E-state index in [4.69, 9.17) is 4.74 Å². The maximum absolute atomic E-state index is 14.1. The Hall–Kier alpha value is -2.41. The summed E-state index contributed by atoms with van der Waals surface area (Å²) in [5, 5.41) is 2.62. The first-order valence-corrected chi connectivity index (χ1v) is 7.87. The summed E-state index contributed by atoms with van der Waals surface area (Å²) in [6.07, 6.45) is -1.08. The van der Waals surface area contributed by atoms with Crippen LogP contribution in [0.2, 0.25) is 0 Å². The highest BCUT2D eigenvalue weighted by atomic mass is 127. The van der Waals surface area contributed by atoms with Crippen LogP contribution in [-0.4, -0.2) is 22.3 Å². The summed E-state index contributed by atoms with van der Waals surface area (Å²) in [7, 11) is 3.75. The number of ether oxygens (including phenoxy) is 1. The molecule has 0 fully saturated rings. The van der Waals surface area contributed by atoms with Gasteiger partial charge in [-0.25, -0.2) is 14.0 Å². The third-order valence-electron chi connectivity index (χ3n) is 3.19. The van der Waals surface area contributed by atoms with Crippen LogP contribution in [0.4, 0.5) is 20.7 Å². The molecule has 9 nitrogen and oxygen atoms in total. The van der Waals surface area contributed by atoms with Crippen molar-refractivity contribution in [2.75, 3.05) is 12.4 Å². The zero-order chi connectivity index (χ0) is 18.7. The number of aromatic nitrogens is 2. The average molecular weight is 464 g/mol. The summed E-state index contributed by atoms with van der Waals surface area (Å²) in [5.41, 5.74) is 0.331. The summed E-state index contributed by atoms with van der Waals surface area (Å²) in [5.74, 6) is -1.27. The number of hydrogen-bond donors (Lipinski definition) is 2. The van der Waals surface area contributed by atoms with Gasteiger partial charge in [0.2, 0.25) is 5.75 Å². The lowest BCUT2D eigenvalue weighted by Gasteiger charge is -2.16. The van der Waals surface area contributed by atoms with E-state index in [1.54, 1.807) is 6.07 Å². The van der Waals surface area contributed by atoms with Crippen LogP contribution in [0.15, 0.2) is 27.8 Å². The maximum Gasteiger partial charge on any atom is 0.437 e. The van der Waals surface area contributed by atoms with Crippen LogP contribution < -0.4 is 26.8 Å². The quantitative estimate of drug-likeness (QED) is 0.521. The van der Waals surface area contributed by atoms with Crippen molar-refractivity contribution >= 4 is 40.2 Å². The van der Waals surface area contributed by atoms with Gasteiger partial charge in [0.1, 0.15) is 5.82 Å². The molecule has 0 saturated heterocycles. The minimum Gasteiger partial charge on any atom is -0.399 e. The number of carbonyl (C=O) groups excluding carboxylic acids is 1. The van der Waals surface area contributed by atoms with Crippen molar-refractivity contribution < 1.29 is 18.8 Å². The summed E-state index contributed by atoms with van der Waals surface area (Å²) in [6, 6.07) is 4.32. The molecule has 1 amide bonds. The van der Waals surface area contributed by atoms with Crippen molar-refractivity contribution in [1.82, 2.24) is 14.6 Å². The molecule has 1 aromatic heterocycles. The third kappa shape index (κ3) is 3.99. The molecule has 1 aromatic carbocycles. The molecule has 0 spiro atoms. The van der Waals surface area contributed by atoms with Crippen LogP contribution >= 0.6 is 22.6 Å². The van der Waals surface area contributed by atoms with E-state index in [1.165, 1.54) is 33.3 Å². The molecule has 2 aromatic rings. The van der Waals surface area contributed by atoms with E-state index < -0.39 is 28.9 Å². The van der Waals surface area contributed by atoms with Crippen LogP contribution in [0.1, 0.15) is 0 Å². The molecule has 0 atom stereocenters. The first-order valence-electron chi connectivity index (χ1n) is 6.79. The first-order chi connectivity index (χ1) is 11.8. The van der Waals surface area contributed by atoms with E-state index in [1.807, 2.05) is 28.1 Å². The van der Waals surface area contributed by atoms with Gasteiger partial charge in [-0.05, 0) is 40.8 Å². The molecule has 0 unspecified atom stereocenters. The van der Waals surface area contributed by atoms with Crippen LogP contribution in [0, 0.1) is 9.39 Å². The fraction of sp³-hybridized carbons (Fsp3) is 0.214. The number of rotatable bonds is 4. The Kier molecular flexibility index (Phi) is 5.79. The first kappa shape index (κ1) is 18.9. The molecule has 0 aliphatic rings. The van der Waals surface area contributed by atoms with Crippen LogP contribution in [0.5, 0.6) is 5.75 Å². The lowest BCUT2D eigenvalue weighted by molar-refractivity contribution is 0.0842. The summed E-state index contributed by atoms with van der Waals surface area (Å²) >= 11 is 1.94. The zero-order valence-corrected chi connectivity index (χ0v) is 15.6. The van der Waals surface area contributed by atoms with E-state index in [0.717, 1.165) is 9.13 Å². The van der Waals surface area contributed by atoms with Crippen LogP contribution in [-0.2, 0) is 18.9 Å². The van der Waals surface area contributed by atoms with Crippen LogP contribution in [0.3, 0.4) is 0 Å². The molecule has 0 bridgehead atoms. The minimum absolute atomic E-state index is 0.000619. The summed E-state index contributed by atoms with van der Waals surface area (Å²) < 4.78 is 21.4. The second-order valence-corrected chi connectivity index (χ2v) is 6.07. The highest BCUT2D eigenvalue weighted by molar-refractivity contribution is 14.1. The molecule has 0 saturated carbocycles. The lowest BCUT2D eigenvalue weighted by atomic mass is 10.3. The van der Waals surface area contributed by atoms with Gasteiger partial charge in [-0.1, -0.05) is 0 Å². The predicted molar refractivity (Wildman–Crippen MR) is 95.5 cm³/mol. The number of nitrogens with zero attached hydrogens (tertiary/aromatic N) is 2.